The standard InChI is InChI=1S/C12H16ClFN2O2S/c1-16(12(7-15)8-2-3-8)19(17,18)9-4-5-11(14)10(13)6-9/h4-6,8,12H,2-3,7,15H2,1H3. The first kappa shape index (κ1) is 14.7. The molecule has 1 saturated carbocycles. The summed E-state index contributed by atoms with van der Waals surface area (Å²) < 4.78 is 39.2. The number of benzene rings is 1. The zero-order valence-electron chi connectivity index (χ0n) is 10.5. The van der Waals surface area contributed by atoms with Crippen molar-refractivity contribution in [2.45, 2.75) is 23.8 Å². The van der Waals surface area contributed by atoms with E-state index < -0.39 is 15.8 Å². The van der Waals surface area contributed by atoms with Gasteiger partial charge in [-0.2, -0.15) is 4.31 Å². The van der Waals surface area contributed by atoms with Gasteiger partial charge in [-0.25, -0.2) is 12.8 Å². The number of nitrogens with zero attached hydrogens (tertiary/aromatic N) is 1. The summed E-state index contributed by atoms with van der Waals surface area (Å²) in [7, 11) is -2.19. The quantitative estimate of drug-likeness (QED) is 0.903. The van der Waals surface area contributed by atoms with Crippen LogP contribution in [0.5, 0.6) is 0 Å². The average Bonchev–Trinajstić information content (AvgIpc) is 3.17. The summed E-state index contributed by atoms with van der Waals surface area (Å²) >= 11 is 5.63. The maximum atomic E-state index is 13.1. The minimum atomic E-state index is -3.69. The van der Waals surface area contributed by atoms with Gasteiger partial charge in [0, 0.05) is 19.6 Å². The van der Waals surface area contributed by atoms with E-state index in [1.165, 1.54) is 17.4 Å². The van der Waals surface area contributed by atoms with E-state index in [2.05, 4.69) is 0 Å². The maximum Gasteiger partial charge on any atom is 0.243 e. The maximum absolute atomic E-state index is 13.1. The molecule has 1 fully saturated rings. The lowest BCUT2D eigenvalue weighted by molar-refractivity contribution is 0.340. The highest BCUT2D eigenvalue weighted by Crippen LogP contribution is 2.36. The zero-order valence-corrected chi connectivity index (χ0v) is 12.1. The molecule has 7 heteroatoms. The Morgan fingerprint density at radius 1 is 1.53 bits per heavy atom. The van der Waals surface area contributed by atoms with Crippen molar-refractivity contribution < 1.29 is 12.8 Å². The molecular formula is C12H16ClFN2O2S. The molecule has 0 spiro atoms. The lowest BCUT2D eigenvalue weighted by atomic mass is 10.2. The molecule has 19 heavy (non-hydrogen) atoms. The van der Waals surface area contributed by atoms with Crippen molar-refractivity contribution in [2.24, 2.45) is 11.7 Å². The van der Waals surface area contributed by atoms with E-state index >= 15 is 0 Å². The predicted octanol–water partition coefficient (Wildman–Crippen LogP) is 1.84. The first-order chi connectivity index (χ1) is 8.87. The molecule has 1 aliphatic carbocycles. The molecule has 0 aliphatic heterocycles. The van der Waals surface area contributed by atoms with Crippen LogP contribution < -0.4 is 5.73 Å². The number of hydrogen-bond donors (Lipinski definition) is 1. The third-order valence-corrected chi connectivity index (χ3v) is 5.61. The molecule has 0 heterocycles. The van der Waals surface area contributed by atoms with Crippen LogP contribution in [0.3, 0.4) is 0 Å². The van der Waals surface area contributed by atoms with E-state index in [-0.39, 0.29) is 22.5 Å². The highest BCUT2D eigenvalue weighted by molar-refractivity contribution is 7.89. The topological polar surface area (TPSA) is 63.4 Å². The first-order valence-electron chi connectivity index (χ1n) is 6.01. The van der Waals surface area contributed by atoms with Crippen LogP contribution in [0.4, 0.5) is 4.39 Å². The molecule has 0 amide bonds. The summed E-state index contributed by atoms with van der Waals surface area (Å²) in [5.74, 6) is -0.318. The first-order valence-corrected chi connectivity index (χ1v) is 7.83. The lowest BCUT2D eigenvalue weighted by Gasteiger charge is -2.26. The molecule has 0 radical (unpaired) electrons. The molecule has 0 bridgehead atoms. The second-order valence-corrected chi connectivity index (χ2v) is 7.14. The Morgan fingerprint density at radius 2 is 2.16 bits per heavy atom. The second kappa shape index (κ2) is 5.36. The van der Waals surface area contributed by atoms with Crippen molar-refractivity contribution in [3.05, 3.63) is 29.0 Å². The van der Waals surface area contributed by atoms with E-state index in [4.69, 9.17) is 17.3 Å². The fourth-order valence-corrected chi connectivity index (χ4v) is 3.80. The SMILES string of the molecule is CN(C(CN)C1CC1)S(=O)(=O)c1ccc(F)c(Cl)c1. The Bertz CT molecular complexity index is 575. The van der Waals surface area contributed by atoms with Gasteiger partial charge >= 0.3 is 0 Å². The second-order valence-electron chi connectivity index (χ2n) is 4.74. The van der Waals surface area contributed by atoms with Crippen LogP contribution in [-0.2, 0) is 10.0 Å². The third kappa shape index (κ3) is 2.91. The summed E-state index contributed by atoms with van der Waals surface area (Å²) in [5, 5.41) is -0.204. The van der Waals surface area contributed by atoms with Crippen molar-refractivity contribution in [1.29, 1.82) is 0 Å². The molecule has 2 N–H and O–H groups in total. The van der Waals surface area contributed by atoms with Crippen molar-refractivity contribution >= 4 is 21.6 Å². The summed E-state index contributed by atoms with van der Waals surface area (Å²) in [6.07, 6.45) is 1.98. The summed E-state index contributed by atoms with van der Waals surface area (Å²) in [6, 6.07) is 3.18. The van der Waals surface area contributed by atoms with Crippen LogP contribution in [0.2, 0.25) is 5.02 Å². The Labute approximate surface area is 117 Å². The van der Waals surface area contributed by atoms with Crippen molar-refractivity contribution in [2.75, 3.05) is 13.6 Å². The van der Waals surface area contributed by atoms with Gasteiger partial charge in [0.2, 0.25) is 10.0 Å². The zero-order chi connectivity index (χ0) is 14.2. The molecule has 106 valence electrons. The Kier molecular flexibility index (Phi) is 4.15. The predicted molar refractivity (Wildman–Crippen MR) is 71.9 cm³/mol. The largest absolute Gasteiger partial charge is 0.329 e. The van der Waals surface area contributed by atoms with Gasteiger partial charge in [0.15, 0.2) is 0 Å². The molecule has 1 aliphatic rings. The monoisotopic (exact) mass is 306 g/mol. The average molecular weight is 307 g/mol. The van der Waals surface area contributed by atoms with Crippen molar-refractivity contribution in [1.82, 2.24) is 4.31 Å². The van der Waals surface area contributed by atoms with Gasteiger partial charge < -0.3 is 5.73 Å². The van der Waals surface area contributed by atoms with Gasteiger partial charge in [-0.1, -0.05) is 11.6 Å². The molecule has 1 atom stereocenters. The highest BCUT2D eigenvalue weighted by Gasteiger charge is 2.38. The van der Waals surface area contributed by atoms with Gasteiger partial charge in [0.1, 0.15) is 5.82 Å². The van der Waals surface area contributed by atoms with Crippen LogP contribution in [0.25, 0.3) is 0 Å². The number of halogens is 2. The molecule has 0 aromatic heterocycles. The molecule has 2 rings (SSSR count). The highest BCUT2D eigenvalue weighted by atomic mass is 35.5. The van der Waals surface area contributed by atoms with E-state index in [0.717, 1.165) is 25.0 Å². The van der Waals surface area contributed by atoms with Gasteiger partial charge in [-0.05, 0) is 37.0 Å². The van der Waals surface area contributed by atoms with E-state index in [1.807, 2.05) is 0 Å². The van der Waals surface area contributed by atoms with Crippen LogP contribution in [0.15, 0.2) is 23.1 Å². The molecule has 1 aromatic rings. The number of sulfonamides is 1. The van der Waals surface area contributed by atoms with Crippen LogP contribution >= 0.6 is 11.6 Å². The number of likely N-dealkylation sites (N-methyl/N-ethyl adjacent to an activating group) is 1. The minimum Gasteiger partial charge on any atom is -0.329 e. The number of rotatable bonds is 5. The fourth-order valence-electron chi connectivity index (χ4n) is 2.10. The van der Waals surface area contributed by atoms with E-state index in [1.54, 1.807) is 0 Å². The Balaban J connectivity index is 2.32. The van der Waals surface area contributed by atoms with Crippen LogP contribution in [-0.4, -0.2) is 32.4 Å². The van der Waals surface area contributed by atoms with Crippen molar-refractivity contribution in [3.63, 3.8) is 0 Å². The molecule has 1 unspecified atom stereocenters. The summed E-state index contributed by atoms with van der Waals surface area (Å²) in [4.78, 5) is -0.0134. The van der Waals surface area contributed by atoms with Gasteiger partial charge in [0.25, 0.3) is 0 Å². The van der Waals surface area contributed by atoms with Gasteiger partial charge in [-0.3, -0.25) is 0 Å². The van der Waals surface area contributed by atoms with Crippen LogP contribution in [0, 0.1) is 11.7 Å². The van der Waals surface area contributed by atoms with Crippen molar-refractivity contribution in [3.8, 4) is 0 Å². The summed E-state index contributed by atoms with van der Waals surface area (Å²) in [5.41, 5.74) is 5.65. The third-order valence-electron chi connectivity index (χ3n) is 3.44. The Morgan fingerprint density at radius 3 is 2.63 bits per heavy atom. The van der Waals surface area contributed by atoms with Gasteiger partial charge in [-0.15, -0.1) is 0 Å². The Hall–Kier alpha value is -0.690. The minimum absolute atomic E-state index is 0.0134. The number of hydrogen-bond acceptors (Lipinski definition) is 3. The van der Waals surface area contributed by atoms with E-state index in [9.17, 15) is 12.8 Å². The molecule has 0 saturated heterocycles. The summed E-state index contributed by atoms with van der Waals surface area (Å²) in [6.45, 7) is 0.273. The molecule has 4 nitrogen and oxygen atoms in total. The van der Waals surface area contributed by atoms with Gasteiger partial charge in [0.05, 0.1) is 9.92 Å². The normalized spacial score (nSPS) is 17.7. The number of nitrogens with two attached hydrogens (primary N) is 1. The lowest BCUT2D eigenvalue weighted by Crippen LogP contribution is -2.43. The van der Waals surface area contributed by atoms with E-state index in [0.29, 0.717) is 5.92 Å². The van der Waals surface area contributed by atoms with Crippen LogP contribution in [0.1, 0.15) is 12.8 Å². The smallest absolute Gasteiger partial charge is 0.243 e. The molecular weight excluding hydrogens is 291 g/mol. The molecule has 1 aromatic carbocycles. The fraction of sp³-hybridized carbons (Fsp3) is 0.500.